The summed E-state index contributed by atoms with van der Waals surface area (Å²) in [5.41, 5.74) is 1.30. The Morgan fingerprint density at radius 3 is 2.67 bits per heavy atom. The van der Waals surface area contributed by atoms with Crippen molar-refractivity contribution in [1.82, 2.24) is 4.90 Å². The van der Waals surface area contributed by atoms with E-state index in [9.17, 15) is 4.79 Å². The van der Waals surface area contributed by atoms with Crippen LogP contribution in [0.15, 0.2) is 47.8 Å². The van der Waals surface area contributed by atoms with E-state index in [2.05, 4.69) is 11.4 Å². The topological polar surface area (TPSA) is 38.8 Å². The summed E-state index contributed by atoms with van der Waals surface area (Å²) in [5.74, 6) is 1.55. The lowest BCUT2D eigenvalue weighted by Gasteiger charge is -2.35. The van der Waals surface area contributed by atoms with Crippen LogP contribution in [0.3, 0.4) is 0 Å². The Kier molecular flexibility index (Phi) is 5.38. The summed E-state index contributed by atoms with van der Waals surface area (Å²) < 4.78 is 11.8. The molecule has 1 atom stereocenters. The first kappa shape index (κ1) is 18.3. The first-order valence-electron chi connectivity index (χ1n) is 8.55. The highest BCUT2D eigenvalue weighted by Gasteiger charge is 2.33. The number of carbonyl (C=O) groups excluding carboxylic acids is 1. The lowest BCUT2D eigenvalue weighted by molar-refractivity contribution is 0.0601. The summed E-state index contributed by atoms with van der Waals surface area (Å²) in [4.78, 5) is 16.8. The summed E-state index contributed by atoms with van der Waals surface area (Å²) in [6.07, 6.45) is 0.864. The number of ether oxygens (including phenoxy) is 2. The molecule has 140 valence electrons. The molecular formula is C20H18ClNO3S2. The highest BCUT2D eigenvalue weighted by molar-refractivity contribution is 7.18. The molecule has 0 bridgehead atoms. The van der Waals surface area contributed by atoms with Crippen LogP contribution < -0.4 is 9.47 Å². The fourth-order valence-corrected chi connectivity index (χ4v) is 5.26. The van der Waals surface area contributed by atoms with E-state index < -0.39 is 0 Å². The van der Waals surface area contributed by atoms with Crippen LogP contribution in [0.4, 0.5) is 0 Å². The zero-order valence-corrected chi connectivity index (χ0v) is 17.1. The molecule has 0 spiro atoms. The maximum atomic E-state index is 13.1. The molecule has 2 aromatic heterocycles. The van der Waals surface area contributed by atoms with Crippen molar-refractivity contribution in [2.24, 2.45) is 0 Å². The number of amides is 1. The number of halogens is 1. The van der Waals surface area contributed by atoms with Gasteiger partial charge < -0.3 is 14.4 Å². The predicted molar refractivity (Wildman–Crippen MR) is 110 cm³/mol. The van der Waals surface area contributed by atoms with Gasteiger partial charge >= 0.3 is 0 Å². The molecule has 0 aliphatic carbocycles. The maximum absolute atomic E-state index is 13.1. The van der Waals surface area contributed by atoms with E-state index >= 15 is 0 Å². The van der Waals surface area contributed by atoms with Crippen molar-refractivity contribution < 1.29 is 14.3 Å². The molecule has 1 aliphatic heterocycles. The van der Waals surface area contributed by atoms with Crippen molar-refractivity contribution in [1.29, 1.82) is 0 Å². The van der Waals surface area contributed by atoms with Gasteiger partial charge in [0.25, 0.3) is 5.91 Å². The predicted octanol–water partition coefficient (Wildman–Crippen LogP) is 5.29. The smallest absolute Gasteiger partial charge is 0.264 e. The summed E-state index contributed by atoms with van der Waals surface area (Å²) in [7, 11) is 1.64. The van der Waals surface area contributed by atoms with Crippen molar-refractivity contribution in [2.45, 2.75) is 12.5 Å². The number of nitrogens with zero attached hydrogens (tertiary/aromatic N) is 1. The standard InChI is InChI=1S/C20H18ClNO3S2/c1-24-14-2-4-15(5-3-14)25-12-16-19-13(9-11-26-19)8-10-22(16)20(23)17-6-7-18(21)27-17/h2-7,9,11,16H,8,10,12H2,1H3. The fourth-order valence-electron chi connectivity index (χ4n) is 3.21. The molecule has 0 radical (unpaired) electrons. The van der Waals surface area contributed by atoms with Crippen molar-refractivity contribution >= 4 is 40.2 Å². The molecule has 1 aromatic carbocycles. The molecule has 4 rings (SSSR count). The monoisotopic (exact) mass is 419 g/mol. The van der Waals surface area contributed by atoms with Gasteiger partial charge in [-0.05, 0) is 59.8 Å². The number of benzene rings is 1. The number of rotatable bonds is 5. The second-order valence-corrected chi connectivity index (χ2v) is 8.83. The van der Waals surface area contributed by atoms with Gasteiger partial charge in [0, 0.05) is 11.4 Å². The molecule has 7 heteroatoms. The van der Waals surface area contributed by atoms with Gasteiger partial charge in [-0.3, -0.25) is 4.79 Å². The summed E-state index contributed by atoms with van der Waals surface area (Å²) in [5, 5.41) is 2.08. The number of thiophene rings is 2. The number of fused-ring (bicyclic) bond motifs is 1. The number of methoxy groups -OCH3 is 1. The van der Waals surface area contributed by atoms with E-state index in [-0.39, 0.29) is 11.9 Å². The Labute approximate surface area is 170 Å². The molecule has 1 aliphatic rings. The van der Waals surface area contributed by atoms with E-state index in [1.165, 1.54) is 21.8 Å². The normalized spacial score (nSPS) is 16.1. The largest absolute Gasteiger partial charge is 0.497 e. The molecule has 0 saturated carbocycles. The maximum Gasteiger partial charge on any atom is 0.264 e. The van der Waals surface area contributed by atoms with Crippen LogP contribution >= 0.6 is 34.3 Å². The lowest BCUT2D eigenvalue weighted by atomic mass is 10.0. The van der Waals surface area contributed by atoms with Crippen molar-refractivity contribution in [2.75, 3.05) is 20.3 Å². The molecule has 3 heterocycles. The highest BCUT2D eigenvalue weighted by atomic mass is 35.5. The number of hydrogen-bond donors (Lipinski definition) is 0. The van der Waals surface area contributed by atoms with Crippen molar-refractivity contribution in [3.8, 4) is 11.5 Å². The van der Waals surface area contributed by atoms with Crippen LogP contribution in [0, 0.1) is 0 Å². The molecule has 4 nitrogen and oxygen atoms in total. The van der Waals surface area contributed by atoms with Gasteiger partial charge in [0.05, 0.1) is 16.3 Å². The van der Waals surface area contributed by atoms with Crippen LogP contribution in [-0.4, -0.2) is 31.1 Å². The van der Waals surface area contributed by atoms with Gasteiger partial charge in [-0.2, -0.15) is 0 Å². The molecule has 0 fully saturated rings. The van der Waals surface area contributed by atoms with E-state index in [1.807, 2.05) is 29.2 Å². The van der Waals surface area contributed by atoms with Crippen LogP contribution in [0.5, 0.6) is 11.5 Å². The van der Waals surface area contributed by atoms with E-state index in [0.29, 0.717) is 22.4 Å². The van der Waals surface area contributed by atoms with Crippen LogP contribution in [-0.2, 0) is 6.42 Å². The third kappa shape index (κ3) is 3.83. The zero-order chi connectivity index (χ0) is 18.8. The first-order chi connectivity index (χ1) is 13.2. The lowest BCUT2D eigenvalue weighted by Crippen LogP contribution is -2.41. The third-order valence-electron chi connectivity index (χ3n) is 4.59. The van der Waals surface area contributed by atoms with Crippen LogP contribution in [0.1, 0.15) is 26.2 Å². The molecule has 0 saturated heterocycles. The molecular weight excluding hydrogens is 402 g/mol. The van der Waals surface area contributed by atoms with E-state index in [1.54, 1.807) is 30.6 Å². The third-order valence-corrected chi connectivity index (χ3v) is 6.87. The zero-order valence-electron chi connectivity index (χ0n) is 14.7. The van der Waals surface area contributed by atoms with Gasteiger partial charge in [0.1, 0.15) is 24.1 Å². The van der Waals surface area contributed by atoms with Gasteiger partial charge in [-0.25, -0.2) is 0 Å². The minimum absolute atomic E-state index is 0.00859. The Balaban J connectivity index is 1.56. The second-order valence-electron chi connectivity index (χ2n) is 6.16. The molecule has 27 heavy (non-hydrogen) atoms. The Morgan fingerprint density at radius 2 is 1.96 bits per heavy atom. The Bertz CT molecular complexity index is 935. The van der Waals surface area contributed by atoms with Crippen molar-refractivity contribution in [3.05, 3.63) is 67.5 Å². The van der Waals surface area contributed by atoms with Crippen LogP contribution in [0.25, 0.3) is 0 Å². The fraction of sp³-hybridized carbons (Fsp3) is 0.250. The first-order valence-corrected chi connectivity index (χ1v) is 10.6. The van der Waals surface area contributed by atoms with E-state index in [4.69, 9.17) is 21.1 Å². The average Bonchev–Trinajstić information content (AvgIpc) is 3.34. The SMILES string of the molecule is COc1ccc(OCC2c3sccc3CCN2C(=O)c2ccc(Cl)s2)cc1. The van der Waals surface area contributed by atoms with E-state index in [0.717, 1.165) is 17.9 Å². The van der Waals surface area contributed by atoms with Gasteiger partial charge in [0.2, 0.25) is 0 Å². The number of hydrogen-bond acceptors (Lipinski definition) is 5. The van der Waals surface area contributed by atoms with Gasteiger partial charge in [0.15, 0.2) is 0 Å². The quantitative estimate of drug-likeness (QED) is 0.564. The number of carbonyl (C=O) groups is 1. The summed E-state index contributed by atoms with van der Waals surface area (Å²) in [6, 6.07) is 13.1. The van der Waals surface area contributed by atoms with Gasteiger partial charge in [-0.15, -0.1) is 22.7 Å². The summed E-state index contributed by atoms with van der Waals surface area (Å²) >= 11 is 9.02. The molecule has 1 unspecified atom stereocenters. The summed E-state index contributed by atoms with van der Waals surface area (Å²) in [6.45, 7) is 1.08. The second kappa shape index (κ2) is 7.92. The highest BCUT2D eigenvalue weighted by Crippen LogP contribution is 2.36. The molecule has 1 amide bonds. The Morgan fingerprint density at radius 1 is 1.19 bits per heavy atom. The Hall–Kier alpha value is -2.02. The minimum Gasteiger partial charge on any atom is -0.497 e. The molecule has 3 aromatic rings. The minimum atomic E-state index is -0.107. The van der Waals surface area contributed by atoms with Gasteiger partial charge in [-0.1, -0.05) is 11.6 Å². The van der Waals surface area contributed by atoms with Crippen molar-refractivity contribution in [3.63, 3.8) is 0 Å². The van der Waals surface area contributed by atoms with Crippen LogP contribution in [0.2, 0.25) is 4.34 Å². The average molecular weight is 420 g/mol. The molecule has 0 N–H and O–H groups in total.